The van der Waals surface area contributed by atoms with Crippen molar-refractivity contribution in [1.29, 1.82) is 0 Å². The van der Waals surface area contributed by atoms with Crippen molar-refractivity contribution in [3.8, 4) is 0 Å². The topological polar surface area (TPSA) is 15.3 Å². The van der Waals surface area contributed by atoms with Crippen molar-refractivity contribution >= 4 is 23.2 Å². The fourth-order valence-electron chi connectivity index (χ4n) is 2.86. The molecule has 2 unspecified atom stereocenters. The van der Waals surface area contributed by atoms with E-state index in [0.717, 1.165) is 17.1 Å². The van der Waals surface area contributed by atoms with E-state index in [-0.39, 0.29) is 6.04 Å². The normalized spacial score (nSPS) is 14.7. The van der Waals surface area contributed by atoms with Crippen LogP contribution in [0.1, 0.15) is 45.2 Å². The molecule has 0 amide bonds. The molecule has 0 aliphatic heterocycles. The molecule has 1 aromatic carbocycles. The number of likely N-dealkylation sites (N-methyl/N-ethyl adjacent to an activating group) is 1. The second-order valence-corrected chi connectivity index (χ2v) is 6.75. The van der Waals surface area contributed by atoms with Crippen molar-refractivity contribution in [3.63, 3.8) is 0 Å². The molecule has 2 nitrogen and oxygen atoms in total. The molecule has 0 heterocycles. The third-order valence-electron chi connectivity index (χ3n) is 4.32. The van der Waals surface area contributed by atoms with Gasteiger partial charge in [-0.15, -0.1) is 0 Å². The van der Waals surface area contributed by atoms with Crippen LogP contribution in [0.4, 0.5) is 0 Å². The van der Waals surface area contributed by atoms with Crippen LogP contribution in [0.2, 0.25) is 10.0 Å². The first kappa shape index (κ1) is 18.8. The van der Waals surface area contributed by atoms with Gasteiger partial charge in [0, 0.05) is 28.7 Å². The standard InChI is InChI=1S/C17H28Cl2N2/c1-6-13(7-2)17(21(4)5)11-20-12(3)15-9-8-14(18)10-16(15)19/h8-10,12-13,17,20H,6-7,11H2,1-5H3. The predicted molar refractivity (Wildman–Crippen MR) is 94.4 cm³/mol. The van der Waals surface area contributed by atoms with Gasteiger partial charge in [-0.05, 0) is 44.6 Å². The van der Waals surface area contributed by atoms with Crippen molar-refractivity contribution < 1.29 is 0 Å². The molecule has 2 atom stereocenters. The van der Waals surface area contributed by atoms with E-state index in [1.165, 1.54) is 12.8 Å². The zero-order valence-corrected chi connectivity index (χ0v) is 15.3. The highest BCUT2D eigenvalue weighted by atomic mass is 35.5. The molecular formula is C17H28Cl2N2. The number of rotatable bonds is 8. The monoisotopic (exact) mass is 330 g/mol. The van der Waals surface area contributed by atoms with Gasteiger partial charge in [-0.1, -0.05) is 56.0 Å². The van der Waals surface area contributed by atoms with Crippen molar-refractivity contribution in [2.45, 2.75) is 45.7 Å². The number of nitrogens with one attached hydrogen (secondary N) is 1. The van der Waals surface area contributed by atoms with Crippen molar-refractivity contribution in [2.75, 3.05) is 20.6 Å². The van der Waals surface area contributed by atoms with Gasteiger partial charge in [0.1, 0.15) is 0 Å². The summed E-state index contributed by atoms with van der Waals surface area (Å²) in [6, 6.07) is 6.45. The molecule has 120 valence electrons. The maximum Gasteiger partial charge on any atom is 0.0468 e. The molecule has 4 heteroatoms. The van der Waals surface area contributed by atoms with Gasteiger partial charge in [0.05, 0.1) is 0 Å². The van der Waals surface area contributed by atoms with Crippen molar-refractivity contribution in [1.82, 2.24) is 10.2 Å². The lowest BCUT2D eigenvalue weighted by Crippen LogP contribution is -2.43. The molecule has 1 aromatic rings. The fourth-order valence-corrected chi connectivity index (χ4v) is 3.44. The summed E-state index contributed by atoms with van der Waals surface area (Å²) in [6.45, 7) is 7.64. The van der Waals surface area contributed by atoms with Gasteiger partial charge in [0.15, 0.2) is 0 Å². The Morgan fingerprint density at radius 1 is 1.14 bits per heavy atom. The quantitative estimate of drug-likeness (QED) is 0.720. The van der Waals surface area contributed by atoms with Crippen LogP contribution in [-0.2, 0) is 0 Å². The van der Waals surface area contributed by atoms with Gasteiger partial charge in [0.2, 0.25) is 0 Å². The summed E-state index contributed by atoms with van der Waals surface area (Å²) in [5.74, 6) is 0.709. The van der Waals surface area contributed by atoms with Crippen LogP contribution in [0.25, 0.3) is 0 Å². The van der Waals surface area contributed by atoms with Crippen LogP contribution < -0.4 is 5.32 Å². The van der Waals surface area contributed by atoms with Crippen LogP contribution in [0, 0.1) is 5.92 Å². The van der Waals surface area contributed by atoms with Crippen molar-refractivity contribution in [3.05, 3.63) is 33.8 Å². The number of benzene rings is 1. The molecule has 1 N–H and O–H groups in total. The number of hydrogen-bond acceptors (Lipinski definition) is 2. The minimum atomic E-state index is 0.214. The fraction of sp³-hybridized carbons (Fsp3) is 0.647. The molecule has 0 saturated heterocycles. The first-order chi connectivity index (χ1) is 9.90. The second kappa shape index (κ2) is 8.99. The summed E-state index contributed by atoms with van der Waals surface area (Å²) in [7, 11) is 4.31. The van der Waals surface area contributed by atoms with E-state index in [1.54, 1.807) is 6.07 Å². The van der Waals surface area contributed by atoms with Crippen LogP contribution in [0.15, 0.2) is 18.2 Å². The van der Waals surface area contributed by atoms with Gasteiger partial charge in [-0.2, -0.15) is 0 Å². The summed E-state index contributed by atoms with van der Waals surface area (Å²) in [5, 5.41) is 5.03. The zero-order valence-electron chi connectivity index (χ0n) is 13.8. The van der Waals surface area contributed by atoms with E-state index < -0.39 is 0 Å². The molecule has 0 aliphatic carbocycles. The maximum atomic E-state index is 6.28. The van der Waals surface area contributed by atoms with Crippen molar-refractivity contribution in [2.24, 2.45) is 5.92 Å². The maximum absolute atomic E-state index is 6.28. The smallest absolute Gasteiger partial charge is 0.0468 e. The van der Waals surface area contributed by atoms with E-state index in [9.17, 15) is 0 Å². The lowest BCUT2D eigenvalue weighted by Gasteiger charge is -2.32. The Bertz CT molecular complexity index is 431. The Hall–Kier alpha value is -0.280. The predicted octanol–water partition coefficient (Wildman–Crippen LogP) is 5.01. The largest absolute Gasteiger partial charge is 0.309 e. The van der Waals surface area contributed by atoms with E-state index in [1.807, 2.05) is 12.1 Å². The highest BCUT2D eigenvalue weighted by Gasteiger charge is 2.21. The summed E-state index contributed by atoms with van der Waals surface area (Å²) in [5.41, 5.74) is 1.10. The van der Waals surface area contributed by atoms with E-state index in [2.05, 4.69) is 45.1 Å². The molecule has 0 radical (unpaired) electrons. The lowest BCUT2D eigenvalue weighted by atomic mass is 9.93. The summed E-state index contributed by atoms with van der Waals surface area (Å²) < 4.78 is 0. The second-order valence-electron chi connectivity index (χ2n) is 5.90. The molecule has 0 aromatic heterocycles. The van der Waals surface area contributed by atoms with Gasteiger partial charge in [0.25, 0.3) is 0 Å². The summed E-state index contributed by atoms with van der Waals surface area (Å²) in [6.07, 6.45) is 2.41. The highest BCUT2D eigenvalue weighted by molar-refractivity contribution is 6.35. The molecule has 0 fully saturated rings. The van der Waals surface area contributed by atoms with Gasteiger partial charge >= 0.3 is 0 Å². The number of nitrogens with zero attached hydrogens (tertiary/aromatic N) is 1. The first-order valence-corrected chi connectivity index (χ1v) is 8.51. The van der Waals surface area contributed by atoms with Crippen LogP contribution in [0.5, 0.6) is 0 Å². The van der Waals surface area contributed by atoms with E-state index >= 15 is 0 Å². The molecule has 0 aliphatic rings. The molecule has 0 saturated carbocycles. The van der Waals surface area contributed by atoms with Gasteiger partial charge in [-0.25, -0.2) is 0 Å². The summed E-state index contributed by atoms with van der Waals surface area (Å²) in [4.78, 5) is 2.32. The SMILES string of the molecule is CCC(CC)C(CNC(C)c1ccc(Cl)cc1Cl)N(C)C. The Balaban J connectivity index is 2.71. The van der Waals surface area contributed by atoms with Gasteiger partial charge < -0.3 is 10.2 Å². The molecule has 0 bridgehead atoms. The average molecular weight is 331 g/mol. The Labute approximate surface area is 139 Å². The summed E-state index contributed by atoms with van der Waals surface area (Å²) >= 11 is 12.2. The highest BCUT2D eigenvalue weighted by Crippen LogP contribution is 2.26. The zero-order chi connectivity index (χ0) is 16.0. The van der Waals surface area contributed by atoms with Crippen LogP contribution in [-0.4, -0.2) is 31.6 Å². The average Bonchev–Trinajstić information content (AvgIpc) is 2.42. The first-order valence-electron chi connectivity index (χ1n) is 7.75. The van der Waals surface area contributed by atoms with E-state index in [0.29, 0.717) is 17.0 Å². The third-order valence-corrected chi connectivity index (χ3v) is 4.88. The van der Waals surface area contributed by atoms with Crippen LogP contribution in [0.3, 0.4) is 0 Å². The van der Waals surface area contributed by atoms with E-state index in [4.69, 9.17) is 23.2 Å². The Morgan fingerprint density at radius 3 is 2.24 bits per heavy atom. The molecule has 1 rings (SSSR count). The van der Waals surface area contributed by atoms with Crippen LogP contribution >= 0.6 is 23.2 Å². The third kappa shape index (κ3) is 5.45. The lowest BCUT2D eigenvalue weighted by molar-refractivity contribution is 0.190. The Kier molecular flexibility index (Phi) is 8.04. The molecular weight excluding hydrogens is 303 g/mol. The van der Waals surface area contributed by atoms with Gasteiger partial charge in [-0.3, -0.25) is 0 Å². The molecule has 0 spiro atoms. The minimum absolute atomic E-state index is 0.214. The Morgan fingerprint density at radius 2 is 1.76 bits per heavy atom. The number of hydrogen-bond donors (Lipinski definition) is 1. The molecule has 21 heavy (non-hydrogen) atoms. The number of halogens is 2. The minimum Gasteiger partial charge on any atom is -0.309 e.